The van der Waals surface area contributed by atoms with Crippen LogP contribution in [0, 0.1) is 19.7 Å². The molecule has 31 heavy (non-hydrogen) atoms. The largest absolute Gasteiger partial charge is 0.489 e. The van der Waals surface area contributed by atoms with Crippen molar-refractivity contribution in [2.45, 2.75) is 46.4 Å². The average Bonchev–Trinajstić information content (AvgIpc) is 2.78. The molecule has 0 spiro atoms. The van der Waals surface area contributed by atoms with Gasteiger partial charge >= 0.3 is 0 Å². The van der Waals surface area contributed by atoms with E-state index in [4.69, 9.17) is 9.47 Å². The Bertz CT molecular complexity index is 1000. The minimum absolute atomic E-state index is 0.141. The molecule has 0 fully saturated rings. The molecule has 0 bridgehead atoms. The molecule has 3 aromatic carbocycles. The lowest BCUT2D eigenvalue weighted by Crippen LogP contribution is -2.37. The van der Waals surface area contributed by atoms with E-state index in [9.17, 15) is 9.18 Å². The number of amides is 1. The maximum atomic E-state index is 13.0. The Morgan fingerprint density at radius 2 is 1.55 bits per heavy atom. The standard InChI is InChI=1S/C26H28FNO3/c1-4-25(31-24-12-5-18(2)19(3)15-24)26(29)28-16-20-8-13-23(14-9-20)30-17-21-6-10-22(27)11-7-21/h5-15,25H,4,16-17H2,1-3H3,(H,28,29)/t25-/m0/s1. The van der Waals surface area contributed by atoms with Crippen LogP contribution in [0.2, 0.25) is 0 Å². The van der Waals surface area contributed by atoms with Crippen LogP contribution in [0.3, 0.4) is 0 Å². The van der Waals surface area contributed by atoms with Crippen LogP contribution < -0.4 is 14.8 Å². The molecule has 1 N–H and O–H groups in total. The van der Waals surface area contributed by atoms with Gasteiger partial charge in [-0.3, -0.25) is 4.79 Å². The van der Waals surface area contributed by atoms with E-state index in [1.165, 1.54) is 17.7 Å². The molecule has 162 valence electrons. The highest BCUT2D eigenvalue weighted by atomic mass is 19.1. The fraction of sp³-hybridized carbons (Fsp3) is 0.269. The first kappa shape index (κ1) is 22.3. The van der Waals surface area contributed by atoms with Crippen LogP contribution in [0.15, 0.2) is 66.7 Å². The molecule has 0 radical (unpaired) electrons. The Morgan fingerprint density at radius 3 is 2.19 bits per heavy atom. The van der Waals surface area contributed by atoms with Gasteiger partial charge in [0.1, 0.15) is 23.9 Å². The zero-order chi connectivity index (χ0) is 22.2. The summed E-state index contributed by atoms with van der Waals surface area (Å²) in [5.41, 5.74) is 4.18. The summed E-state index contributed by atoms with van der Waals surface area (Å²) in [6, 6.07) is 19.6. The molecule has 5 heteroatoms. The summed E-state index contributed by atoms with van der Waals surface area (Å²) in [7, 11) is 0. The van der Waals surface area contributed by atoms with E-state index in [-0.39, 0.29) is 11.7 Å². The minimum Gasteiger partial charge on any atom is -0.489 e. The highest BCUT2D eigenvalue weighted by molar-refractivity contribution is 5.81. The van der Waals surface area contributed by atoms with Crippen molar-refractivity contribution < 1.29 is 18.7 Å². The molecule has 3 rings (SSSR count). The Morgan fingerprint density at radius 1 is 0.903 bits per heavy atom. The molecular formula is C26H28FNO3. The quantitative estimate of drug-likeness (QED) is 0.497. The summed E-state index contributed by atoms with van der Waals surface area (Å²) in [4.78, 5) is 12.6. The predicted molar refractivity (Wildman–Crippen MR) is 120 cm³/mol. The number of carbonyl (C=O) groups is 1. The highest BCUT2D eigenvalue weighted by Gasteiger charge is 2.18. The number of benzene rings is 3. The number of ether oxygens (including phenoxy) is 2. The van der Waals surface area contributed by atoms with Crippen molar-refractivity contribution >= 4 is 5.91 Å². The van der Waals surface area contributed by atoms with Gasteiger partial charge in [-0.05, 0) is 78.9 Å². The second-order valence-corrected chi connectivity index (χ2v) is 7.54. The summed E-state index contributed by atoms with van der Waals surface area (Å²) in [6.07, 6.45) is 0.0370. The Kier molecular flexibility index (Phi) is 7.65. The molecule has 0 aliphatic carbocycles. The second kappa shape index (κ2) is 10.6. The first-order valence-corrected chi connectivity index (χ1v) is 10.4. The third-order valence-electron chi connectivity index (χ3n) is 5.13. The van der Waals surface area contributed by atoms with Crippen LogP contribution in [0.4, 0.5) is 4.39 Å². The maximum absolute atomic E-state index is 13.0. The van der Waals surface area contributed by atoms with Crippen LogP contribution in [-0.2, 0) is 17.9 Å². The number of aryl methyl sites for hydroxylation is 2. The first-order valence-electron chi connectivity index (χ1n) is 10.4. The maximum Gasteiger partial charge on any atom is 0.261 e. The van der Waals surface area contributed by atoms with Gasteiger partial charge in [-0.25, -0.2) is 4.39 Å². The summed E-state index contributed by atoms with van der Waals surface area (Å²) in [5, 5.41) is 2.94. The number of halogens is 1. The van der Waals surface area contributed by atoms with Crippen LogP contribution in [0.25, 0.3) is 0 Å². The Balaban J connectivity index is 1.49. The Labute approximate surface area is 183 Å². The van der Waals surface area contributed by atoms with Gasteiger partial charge in [-0.1, -0.05) is 37.3 Å². The van der Waals surface area contributed by atoms with Crippen molar-refractivity contribution in [1.82, 2.24) is 5.32 Å². The molecule has 3 aromatic rings. The molecule has 4 nitrogen and oxygen atoms in total. The van der Waals surface area contributed by atoms with Crippen LogP contribution in [0.1, 0.15) is 35.6 Å². The highest BCUT2D eigenvalue weighted by Crippen LogP contribution is 2.19. The molecule has 1 amide bonds. The zero-order valence-electron chi connectivity index (χ0n) is 18.2. The van der Waals surface area contributed by atoms with Crippen molar-refractivity contribution in [2.75, 3.05) is 0 Å². The lowest BCUT2D eigenvalue weighted by atomic mass is 10.1. The lowest BCUT2D eigenvalue weighted by Gasteiger charge is -2.18. The van der Waals surface area contributed by atoms with E-state index in [0.717, 1.165) is 16.7 Å². The number of carbonyl (C=O) groups excluding carboxylic acids is 1. The SMILES string of the molecule is CC[C@H](Oc1ccc(C)c(C)c1)C(=O)NCc1ccc(OCc2ccc(F)cc2)cc1. The average molecular weight is 422 g/mol. The number of hydrogen-bond acceptors (Lipinski definition) is 3. The smallest absolute Gasteiger partial charge is 0.261 e. The third-order valence-corrected chi connectivity index (χ3v) is 5.13. The van der Waals surface area contributed by atoms with E-state index in [1.54, 1.807) is 12.1 Å². The van der Waals surface area contributed by atoms with E-state index < -0.39 is 6.10 Å². The zero-order valence-corrected chi connectivity index (χ0v) is 18.2. The summed E-state index contributed by atoms with van der Waals surface area (Å²) < 4.78 is 24.6. The molecule has 0 aromatic heterocycles. The van der Waals surface area contributed by atoms with Gasteiger partial charge in [0.2, 0.25) is 0 Å². The topological polar surface area (TPSA) is 47.6 Å². The van der Waals surface area contributed by atoms with Crippen LogP contribution in [-0.4, -0.2) is 12.0 Å². The molecular weight excluding hydrogens is 393 g/mol. The van der Waals surface area contributed by atoms with Gasteiger partial charge in [0.15, 0.2) is 6.10 Å². The normalized spacial score (nSPS) is 11.6. The van der Waals surface area contributed by atoms with Crippen molar-refractivity contribution in [3.8, 4) is 11.5 Å². The van der Waals surface area contributed by atoms with Crippen molar-refractivity contribution in [1.29, 1.82) is 0 Å². The molecule has 0 heterocycles. The minimum atomic E-state index is -0.541. The van der Waals surface area contributed by atoms with Gasteiger partial charge < -0.3 is 14.8 Å². The molecule has 0 aliphatic rings. The monoisotopic (exact) mass is 421 g/mol. The number of hydrogen-bond donors (Lipinski definition) is 1. The second-order valence-electron chi connectivity index (χ2n) is 7.54. The third kappa shape index (κ3) is 6.57. The summed E-state index contributed by atoms with van der Waals surface area (Å²) in [6.45, 7) is 6.77. The molecule has 1 atom stereocenters. The number of rotatable bonds is 9. The van der Waals surface area contributed by atoms with Gasteiger partial charge in [0.25, 0.3) is 5.91 Å². The Hall–Kier alpha value is -3.34. The molecule has 0 saturated carbocycles. The summed E-state index contributed by atoms with van der Waals surface area (Å²) >= 11 is 0. The van der Waals surface area contributed by atoms with Crippen LogP contribution in [0.5, 0.6) is 11.5 Å². The van der Waals surface area contributed by atoms with Gasteiger partial charge in [-0.2, -0.15) is 0 Å². The van der Waals surface area contributed by atoms with Gasteiger partial charge in [-0.15, -0.1) is 0 Å². The predicted octanol–water partition coefficient (Wildman–Crippen LogP) is 5.50. The lowest BCUT2D eigenvalue weighted by molar-refractivity contribution is -0.128. The molecule has 0 unspecified atom stereocenters. The summed E-state index contributed by atoms with van der Waals surface area (Å²) in [5.74, 6) is 1.01. The molecule has 0 saturated heterocycles. The van der Waals surface area contributed by atoms with Crippen molar-refractivity contribution in [2.24, 2.45) is 0 Å². The van der Waals surface area contributed by atoms with Gasteiger partial charge in [0.05, 0.1) is 0 Å². The van der Waals surface area contributed by atoms with Crippen molar-refractivity contribution in [3.63, 3.8) is 0 Å². The number of nitrogens with one attached hydrogen (secondary N) is 1. The first-order chi connectivity index (χ1) is 14.9. The van der Waals surface area contributed by atoms with Gasteiger partial charge in [0, 0.05) is 6.54 Å². The van der Waals surface area contributed by atoms with E-state index >= 15 is 0 Å². The van der Waals surface area contributed by atoms with E-state index in [2.05, 4.69) is 5.32 Å². The van der Waals surface area contributed by atoms with E-state index in [1.807, 2.05) is 63.2 Å². The fourth-order valence-corrected chi connectivity index (χ4v) is 3.03. The fourth-order valence-electron chi connectivity index (χ4n) is 3.03. The van der Waals surface area contributed by atoms with Crippen LogP contribution >= 0.6 is 0 Å². The van der Waals surface area contributed by atoms with E-state index in [0.29, 0.717) is 31.1 Å². The molecule has 0 aliphatic heterocycles. The van der Waals surface area contributed by atoms with Crippen molar-refractivity contribution in [3.05, 3.63) is 94.8 Å².